The average Bonchev–Trinajstić information content (AvgIpc) is 3.02. The van der Waals surface area contributed by atoms with Crippen molar-refractivity contribution >= 4 is 0 Å². The minimum absolute atomic E-state index is 0.00230. The van der Waals surface area contributed by atoms with Gasteiger partial charge in [0.05, 0.1) is 18.8 Å². The molecule has 2 aliphatic heterocycles. The molecule has 0 unspecified atom stereocenters. The van der Waals surface area contributed by atoms with Crippen LogP contribution >= 0.6 is 0 Å². The molecule has 142 valence electrons. The van der Waals surface area contributed by atoms with Crippen LogP contribution in [0.15, 0.2) is 36.4 Å². The van der Waals surface area contributed by atoms with Crippen molar-refractivity contribution in [1.29, 1.82) is 0 Å². The van der Waals surface area contributed by atoms with Crippen molar-refractivity contribution in [2.75, 3.05) is 19.7 Å². The zero-order chi connectivity index (χ0) is 18.4. The number of aliphatic hydroxyl groups is 1. The van der Waals surface area contributed by atoms with E-state index in [9.17, 15) is 9.50 Å². The lowest BCUT2D eigenvalue weighted by atomic mass is 9.86. The summed E-state index contributed by atoms with van der Waals surface area (Å²) in [5.41, 5.74) is 4.77. The predicted molar refractivity (Wildman–Crippen MR) is 103 cm³/mol. The van der Waals surface area contributed by atoms with Gasteiger partial charge >= 0.3 is 0 Å². The molecule has 1 N–H and O–H groups in total. The lowest BCUT2D eigenvalue weighted by Crippen LogP contribution is -2.39. The Kier molecular flexibility index (Phi) is 4.41. The molecular weight excluding hydrogens is 341 g/mol. The lowest BCUT2D eigenvalue weighted by Gasteiger charge is -2.38. The van der Waals surface area contributed by atoms with Crippen LogP contribution in [0.5, 0.6) is 5.75 Å². The summed E-state index contributed by atoms with van der Waals surface area (Å²) < 4.78 is 19.5. The molecule has 1 saturated heterocycles. The van der Waals surface area contributed by atoms with Crippen LogP contribution in [-0.4, -0.2) is 35.8 Å². The van der Waals surface area contributed by atoms with Gasteiger partial charge in [0, 0.05) is 6.42 Å². The maximum atomic E-state index is 13.5. The van der Waals surface area contributed by atoms with Crippen molar-refractivity contribution in [3.05, 3.63) is 64.5 Å². The molecule has 5 rings (SSSR count). The minimum Gasteiger partial charge on any atom is -0.493 e. The number of aliphatic hydroxyl groups excluding tert-OH is 1. The summed E-state index contributed by atoms with van der Waals surface area (Å²) >= 11 is 0. The number of nitrogens with zero attached hydrogens (tertiary/aromatic N) is 1. The second-order valence-electron chi connectivity index (χ2n) is 8.16. The van der Waals surface area contributed by atoms with Gasteiger partial charge in [-0.05, 0) is 79.1 Å². The molecule has 1 aliphatic carbocycles. The quantitative estimate of drug-likeness (QED) is 0.871. The van der Waals surface area contributed by atoms with Crippen LogP contribution in [0.25, 0.3) is 0 Å². The number of halogens is 1. The van der Waals surface area contributed by atoms with E-state index in [0.717, 1.165) is 62.3 Å². The van der Waals surface area contributed by atoms with E-state index < -0.39 is 6.10 Å². The Morgan fingerprint density at radius 3 is 2.74 bits per heavy atom. The number of piperidine rings is 1. The van der Waals surface area contributed by atoms with Crippen LogP contribution in [0, 0.1) is 5.82 Å². The molecule has 2 aromatic rings. The van der Waals surface area contributed by atoms with Crippen molar-refractivity contribution in [3.63, 3.8) is 0 Å². The highest BCUT2D eigenvalue weighted by atomic mass is 19.1. The van der Waals surface area contributed by atoms with E-state index >= 15 is 0 Å². The monoisotopic (exact) mass is 367 g/mol. The van der Waals surface area contributed by atoms with Gasteiger partial charge in [0.15, 0.2) is 0 Å². The molecule has 0 saturated carbocycles. The van der Waals surface area contributed by atoms with Gasteiger partial charge in [-0.25, -0.2) is 4.39 Å². The number of rotatable bonds is 2. The maximum Gasteiger partial charge on any atom is 0.125 e. The van der Waals surface area contributed by atoms with Gasteiger partial charge in [0.25, 0.3) is 0 Å². The number of para-hydroxylation sites is 1. The number of aryl methyl sites for hydroxylation is 1. The molecular formula is C23H26FNO2. The molecule has 4 heteroatoms. The standard InChI is InChI=1S/C23H26FNO2/c24-18-6-7-19-17(13-18)14-21(26)22(19)25-10-8-15(9-11-25)20-5-1-3-16-4-2-12-27-23(16)20/h1,3,5-7,13,15,21-22,26H,2,4,8-12,14H2/t21-,22-/m1/s1. The van der Waals surface area contributed by atoms with Crippen LogP contribution in [0.3, 0.4) is 0 Å². The van der Waals surface area contributed by atoms with E-state index in [1.165, 1.54) is 17.2 Å². The molecule has 0 bridgehead atoms. The molecule has 0 aromatic heterocycles. The first-order valence-corrected chi connectivity index (χ1v) is 10.2. The number of hydrogen-bond acceptors (Lipinski definition) is 3. The minimum atomic E-state index is -0.439. The predicted octanol–water partition coefficient (Wildman–Crippen LogP) is 3.99. The second kappa shape index (κ2) is 6.92. The largest absolute Gasteiger partial charge is 0.493 e. The smallest absolute Gasteiger partial charge is 0.125 e. The molecule has 3 aliphatic rings. The summed E-state index contributed by atoms with van der Waals surface area (Å²) in [5, 5.41) is 10.6. The van der Waals surface area contributed by atoms with E-state index in [2.05, 4.69) is 23.1 Å². The molecule has 0 amide bonds. The van der Waals surface area contributed by atoms with Crippen LogP contribution in [-0.2, 0) is 12.8 Å². The Morgan fingerprint density at radius 1 is 1.04 bits per heavy atom. The molecule has 2 heterocycles. The Bertz CT molecular complexity index is 844. The fourth-order valence-corrected chi connectivity index (χ4v) is 5.25. The van der Waals surface area contributed by atoms with Crippen LogP contribution in [0.1, 0.15) is 53.5 Å². The number of benzene rings is 2. The van der Waals surface area contributed by atoms with Gasteiger partial charge in [0.2, 0.25) is 0 Å². The third-order valence-corrected chi connectivity index (χ3v) is 6.54. The third kappa shape index (κ3) is 3.05. The van der Waals surface area contributed by atoms with Crippen molar-refractivity contribution in [2.45, 2.75) is 50.2 Å². The zero-order valence-corrected chi connectivity index (χ0v) is 15.5. The Balaban J connectivity index is 1.33. The second-order valence-corrected chi connectivity index (χ2v) is 8.16. The van der Waals surface area contributed by atoms with E-state index in [4.69, 9.17) is 4.74 Å². The summed E-state index contributed by atoms with van der Waals surface area (Å²) in [5.74, 6) is 1.43. The topological polar surface area (TPSA) is 32.7 Å². The first-order valence-electron chi connectivity index (χ1n) is 10.2. The SMILES string of the molecule is O[C@@H]1Cc2cc(F)ccc2[C@H]1N1CCC(c2cccc3c2OCCC3)CC1. The molecule has 2 aromatic carbocycles. The Morgan fingerprint density at radius 2 is 1.89 bits per heavy atom. The average molecular weight is 367 g/mol. The number of ether oxygens (including phenoxy) is 1. The first-order chi connectivity index (χ1) is 13.2. The molecule has 1 fully saturated rings. The van der Waals surface area contributed by atoms with Crippen molar-refractivity contribution < 1.29 is 14.2 Å². The highest BCUT2D eigenvalue weighted by Gasteiger charge is 2.37. The van der Waals surface area contributed by atoms with Crippen LogP contribution < -0.4 is 4.74 Å². The molecule has 27 heavy (non-hydrogen) atoms. The van der Waals surface area contributed by atoms with Crippen LogP contribution in [0.2, 0.25) is 0 Å². The van der Waals surface area contributed by atoms with Gasteiger partial charge in [-0.1, -0.05) is 24.3 Å². The summed E-state index contributed by atoms with van der Waals surface area (Å²) in [7, 11) is 0. The molecule has 2 atom stereocenters. The van der Waals surface area contributed by atoms with E-state index in [1.54, 1.807) is 6.07 Å². The zero-order valence-electron chi connectivity index (χ0n) is 15.5. The Hall–Kier alpha value is -1.91. The molecule has 0 radical (unpaired) electrons. The Labute approximate surface area is 159 Å². The van der Waals surface area contributed by atoms with E-state index in [1.807, 2.05) is 6.07 Å². The van der Waals surface area contributed by atoms with Gasteiger partial charge in [-0.3, -0.25) is 4.90 Å². The lowest BCUT2D eigenvalue weighted by molar-refractivity contribution is 0.0457. The highest BCUT2D eigenvalue weighted by molar-refractivity contribution is 5.45. The van der Waals surface area contributed by atoms with Gasteiger partial charge < -0.3 is 9.84 Å². The van der Waals surface area contributed by atoms with Crippen molar-refractivity contribution in [1.82, 2.24) is 4.90 Å². The van der Waals surface area contributed by atoms with Crippen molar-refractivity contribution in [3.8, 4) is 5.75 Å². The number of fused-ring (bicyclic) bond motifs is 2. The maximum absolute atomic E-state index is 13.5. The van der Waals surface area contributed by atoms with Gasteiger partial charge in [-0.15, -0.1) is 0 Å². The summed E-state index contributed by atoms with van der Waals surface area (Å²) in [6.07, 6.45) is 4.47. The number of hydrogen-bond donors (Lipinski definition) is 1. The van der Waals surface area contributed by atoms with Gasteiger partial charge in [-0.2, -0.15) is 0 Å². The third-order valence-electron chi connectivity index (χ3n) is 6.54. The molecule has 3 nitrogen and oxygen atoms in total. The fourth-order valence-electron chi connectivity index (χ4n) is 5.25. The van der Waals surface area contributed by atoms with Crippen LogP contribution in [0.4, 0.5) is 4.39 Å². The fraction of sp³-hybridized carbons (Fsp3) is 0.478. The summed E-state index contributed by atoms with van der Waals surface area (Å²) in [4.78, 5) is 2.39. The number of likely N-dealkylation sites (tertiary alicyclic amines) is 1. The summed E-state index contributed by atoms with van der Waals surface area (Å²) in [6.45, 7) is 2.73. The molecule has 0 spiro atoms. The van der Waals surface area contributed by atoms with Crippen molar-refractivity contribution in [2.24, 2.45) is 0 Å². The van der Waals surface area contributed by atoms with Gasteiger partial charge in [0.1, 0.15) is 11.6 Å². The summed E-state index contributed by atoms with van der Waals surface area (Å²) in [6, 6.07) is 11.6. The highest BCUT2D eigenvalue weighted by Crippen LogP contribution is 2.42. The first kappa shape index (κ1) is 17.2. The van der Waals surface area contributed by atoms with E-state index in [0.29, 0.717) is 12.3 Å². The van der Waals surface area contributed by atoms with E-state index in [-0.39, 0.29) is 11.9 Å². The normalized spacial score (nSPS) is 25.7.